The number of amides is 2. The molecular formula is C8H15N3O6. The number of ether oxygens (including phenoxy) is 2. The molecule has 1 aliphatic rings. The average molecular weight is 249 g/mol. The van der Waals surface area contributed by atoms with Gasteiger partial charge >= 0.3 is 6.03 Å². The van der Waals surface area contributed by atoms with E-state index in [2.05, 4.69) is 10.6 Å². The van der Waals surface area contributed by atoms with Gasteiger partial charge in [-0.1, -0.05) is 0 Å². The highest BCUT2D eigenvalue weighted by atomic mass is 16.7. The van der Waals surface area contributed by atoms with Crippen molar-refractivity contribution in [2.45, 2.75) is 24.5 Å². The molecule has 0 aliphatic carbocycles. The van der Waals surface area contributed by atoms with Crippen LogP contribution in [0.1, 0.15) is 0 Å². The summed E-state index contributed by atoms with van der Waals surface area (Å²) in [5, 5.41) is 24.5. The van der Waals surface area contributed by atoms with Gasteiger partial charge in [0, 0.05) is 14.2 Å². The van der Waals surface area contributed by atoms with E-state index >= 15 is 0 Å². The monoisotopic (exact) mass is 249 g/mol. The largest absolute Gasteiger partial charge is 0.388 e. The molecule has 4 atom stereocenters. The Labute approximate surface area is 97.2 Å². The lowest BCUT2D eigenvalue weighted by molar-refractivity contribution is -0.234. The van der Waals surface area contributed by atoms with Crippen LogP contribution in [0.5, 0.6) is 0 Å². The van der Waals surface area contributed by atoms with Crippen LogP contribution in [0.25, 0.3) is 0 Å². The molecular weight excluding hydrogens is 234 g/mol. The van der Waals surface area contributed by atoms with Crippen molar-refractivity contribution in [2.75, 3.05) is 20.8 Å². The third-order valence-electron chi connectivity index (χ3n) is 2.43. The summed E-state index contributed by atoms with van der Waals surface area (Å²) < 4.78 is 9.79. The van der Waals surface area contributed by atoms with Crippen LogP contribution in [0.3, 0.4) is 0 Å². The van der Waals surface area contributed by atoms with E-state index in [9.17, 15) is 19.9 Å². The predicted octanol–water partition coefficient (Wildman–Crippen LogP) is -1.60. The van der Waals surface area contributed by atoms with Gasteiger partial charge in [0.25, 0.3) is 0 Å². The highest BCUT2D eigenvalue weighted by Gasteiger charge is 2.40. The molecule has 0 unspecified atom stereocenters. The first kappa shape index (κ1) is 13.8. The lowest BCUT2D eigenvalue weighted by Gasteiger charge is -2.37. The van der Waals surface area contributed by atoms with E-state index in [1.807, 2.05) is 0 Å². The maximum absolute atomic E-state index is 11.3. The Morgan fingerprint density at radius 1 is 1.59 bits per heavy atom. The maximum atomic E-state index is 11.3. The first-order valence-electron chi connectivity index (χ1n) is 4.89. The highest BCUT2D eigenvalue weighted by Crippen LogP contribution is 2.16. The summed E-state index contributed by atoms with van der Waals surface area (Å²) in [5.74, 6) is 0. The third-order valence-corrected chi connectivity index (χ3v) is 2.43. The number of aliphatic hydroxyl groups excluding tert-OH is 2. The zero-order valence-corrected chi connectivity index (χ0v) is 9.44. The van der Waals surface area contributed by atoms with Crippen LogP contribution in [0.15, 0.2) is 5.29 Å². The van der Waals surface area contributed by atoms with E-state index in [4.69, 9.17) is 9.47 Å². The second kappa shape index (κ2) is 5.87. The van der Waals surface area contributed by atoms with Crippen molar-refractivity contribution in [3.8, 4) is 0 Å². The fourth-order valence-corrected chi connectivity index (χ4v) is 1.45. The summed E-state index contributed by atoms with van der Waals surface area (Å²) in [4.78, 5) is 21.5. The Balaban J connectivity index is 2.66. The number of nitroso groups, excluding NO2 is 1. The van der Waals surface area contributed by atoms with E-state index in [0.29, 0.717) is 5.01 Å². The van der Waals surface area contributed by atoms with Crippen LogP contribution in [-0.2, 0) is 9.47 Å². The molecule has 9 nitrogen and oxygen atoms in total. The molecule has 1 fully saturated rings. The molecule has 0 aromatic carbocycles. The fraction of sp³-hybridized carbons (Fsp3) is 0.875. The molecule has 0 aromatic heterocycles. The summed E-state index contributed by atoms with van der Waals surface area (Å²) in [7, 11) is 2.47. The zero-order chi connectivity index (χ0) is 13.0. The van der Waals surface area contributed by atoms with E-state index < -0.39 is 30.6 Å². The Kier molecular flexibility index (Phi) is 4.75. The second-order valence-electron chi connectivity index (χ2n) is 3.58. The number of carbonyl (C=O) groups is 1. The molecule has 1 aliphatic heterocycles. The third kappa shape index (κ3) is 3.09. The minimum Gasteiger partial charge on any atom is -0.388 e. The van der Waals surface area contributed by atoms with Gasteiger partial charge in [0.1, 0.15) is 12.2 Å². The molecule has 0 aromatic rings. The topological polar surface area (TPSA) is 121 Å². The molecule has 1 heterocycles. The second-order valence-corrected chi connectivity index (χ2v) is 3.58. The number of nitrogens with one attached hydrogen (secondary N) is 1. The van der Waals surface area contributed by atoms with Crippen LogP contribution < -0.4 is 5.32 Å². The van der Waals surface area contributed by atoms with Gasteiger partial charge in [-0.25, -0.2) is 4.79 Å². The van der Waals surface area contributed by atoms with E-state index in [1.54, 1.807) is 0 Å². The Morgan fingerprint density at radius 2 is 2.24 bits per heavy atom. The summed E-state index contributed by atoms with van der Waals surface area (Å²) in [6.45, 7) is -0.0985. The van der Waals surface area contributed by atoms with Crippen molar-refractivity contribution in [1.29, 1.82) is 0 Å². The number of urea groups is 1. The van der Waals surface area contributed by atoms with Gasteiger partial charge in [0.2, 0.25) is 0 Å². The van der Waals surface area contributed by atoms with Crippen molar-refractivity contribution in [3.63, 3.8) is 0 Å². The van der Waals surface area contributed by atoms with Crippen LogP contribution in [0.4, 0.5) is 4.79 Å². The van der Waals surface area contributed by atoms with Gasteiger partial charge in [-0.15, -0.1) is 4.91 Å². The van der Waals surface area contributed by atoms with Crippen LogP contribution in [0, 0.1) is 4.91 Å². The lowest BCUT2D eigenvalue weighted by atomic mass is 10.0. The summed E-state index contributed by atoms with van der Waals surface area (Å²) >= 11 is 0. The van der Waals surface area contributed by atoms with Crippen molar-refractivity contribution >= 4 is 6.03 Å². The standard InChI is InChI=1S/C8H15N3O6/c1-11(10-15)8(14)9-5-4(12)3-17-7(16-2)6(5)13/h4-7,12-13H,3H2,1-2H3,(H,9,14)/t4-,5+,6+,7-/m0/s1. The van der Waals surface area contributed by atoms with Crippen molar-refractivity contribution in [1.82, 2.24) is 10.3 Å². The van der Waals surface area contributed by atoms with Gasteiger partial charge in [0.05, 0.1) is 17.9 Å². The molecule has 1 saturated heterocycles. The fourth-order valence-electron chi connectivity index (χ4n) is 1.45. The highest BCUT2D eigenvalue weighted by molar-refractivity contribution is 5.73. The first-order valence-corrected chi connectivity index (χ1v) is 4.89. The minimum absolute atomic E-state index is 0.0985. The first-order chi connectivity index (χ1) is 8.01. The molecule has 98 valence electrons. The lowest BCUT2D eigenvalue weighted by Crippen LogP contribution is -2.61. The van der Waals surface area contributed by atoms with E-state index in [1.165, 1.54) is 7.11 Å². The minimum atomic E-state index is -1.24. The smallest absolute Gasteiger partial charge is 0.340 e. The SMILES string of the molecule is CO[C@H]1OC[C@H](O)[C@@H](NC(=O)N(C)N=O)[C@H]1O. The molecule has 0 radical (unpaired) electrons. The van der Waals surface area contributed by atoms with E-state index in [0.717, 1.165) is 7.05 Å². The molecule has 17 heavy (non-hydrogen) atoms. The summed E-state index contributed by atoms with van der Waals surface area (Å²) in [5.41, 5.74) is 0. The van der Waals surface area contributed by atoms with Gasteiger partial charge in [0.15, 0.2) is 6.29 Å². The molecule has 3 N–H and O–H groups in total. The normalized spacial score (nSPS) is 32.9. The molecule has 9 heteroatoms. The molecule has 0 spiro atoms. The number of hydrogen-bond donors (Lipinski definition) is 3. The van der Waals surface area contributed by atoms with Crippen LogP contribution in [-0.4, -0.2) is 66.6 Å². The van der Waals surface area contributed by atoms with Gasteiger partial charge in [-0.2, -0.15) is 5.01 Å². The van der Waals surface area contributed by atoms with Crippen molar-refractivity contribution < 1.29 is 24.5 Å². The summed E-state index contributed by atoms with van der Waals surface area (Å²) in [6.07, 6.45) is -3.29. The molecule has 0 bridgehead atoms. The maximum Gasteiger partial charge on any atom is 0.340 e. The zero-order valence-electron chi connectivity index (χ0n) is 9.44. The number of nitrogens with zero attached hydrogens (tertiary/aromatic N) is 2. The van der Waals surface area contributed by atoms with Crippen LogP contribution >= 0.6 is 0 Å². The molecule has 2 amide bonds. The van der Waals surface area contributed by atoms with Gasteiger partial charge in [-0.05, 0) is 0 Å². The van der Waals surface area contributed by atoms with Crippen molar-refractivity contribution in [2.24, 2.45) is 5.29 Å². The predicted molar refractivity (Wildman–Crippen MR) is 54.6 cm³/mol. The number of rotatable bonds is 3. The Morgan fingerprint density at radius 3 is 2.76 bits per heavy atom. The summed E-state index contributed by atoms with van der Waals surface area (Å²) in [6, 6.07) is -1.83. The van der Waals surface area contributed by atoms with Gasteiger partial charge in [-0.3, -0.25) is 0 Å². The number of methoxy groups -OCH3 is 1. The average Bonchev–Trinajstić information content (AvgIpc) is 2.33. The Bertz CT molecular complexity index is 288. The Hall–Kier alpha value is -1.29. The number of aliphatic hydroxyl groups is 2. The van der Waals surface area contributed by atoms with Crippen LogP contribution in [0.2, 0.25) is 0 Å². The van der Waals surface area contributed by atoms with Crippen molar-refractivity contribution in [3.05, 3.63) is 4.91 Å². The number of carbonyl (C=O) groups excluding carboxylic acids is 1. The van der Waals surface area contributed by atoms with Gasteiger partial charge < -0.3 is 25.0 Å². The molecule has 1 rings (SSSR count). The number of hydrogen-bond acceptors (Lipinski definition) is 7. The quantitative estimate of drug-likeness (QED) is 0.409. The molecule has 0 saturated carbocycles. The van der Waals surface area contributed by atoms with E-state index in [-0.39, 0.29) is 6.61 Å².